The number of benzene rings is 7. The van der Waals surface area contributed by atoms with Crippen LogP contribution in [0.5, 0.6) is 5.75 Å². The molecule has 12 rings (SSSR count). The molecule has 0 N–H and O–H groups in total. The molecule has 1 spiro atoms. The van der Waals surface area contributed by atoms with E-state index >= 15 is 0 Å². The van der Waals surface area contributed by atoms with Crippen LogP contribution in [0.1, 0.15) is 75.8 Å². The van der Waals surface area contributed by atoms with Crippen molar-refractivity contribution in [3.8, 4) is 78.6 Å². The van der Waals surface area contributed by atoms with Gasteiger partial charge in [-0.25, -0.2) is 0 Å². The van der Waals surface area contributed by atoms with Gasteiger partial charge in [-0.3, -0.25) is 0 Å². The Hall–Kier alpha value is -7.04. The smallest absolute Gasteiger partial charge is 0.392 e. The summed E-state index contributed by atoms with van der Waals surface area (Å²) in [5.74, 6) is 0.0281. The molecule has 61 heavy (non-hydrogen) atoms. The lowest BCUT2D eigenvalue weighted by Crippen LogP contribution is -2.78. The standard InChI is InChI=1S/C57H47N3O/c1-55(2,3)42-26-24-38(25-27-42)39-28-29-58-50(34-39)48-33-41(37-18-11-8-12-19-37)32-47-45-21-15-22-49-53(45)60-54(46-20-13-14-23-51(46)61-57(58,60)52(47)48)59(49)44-31-40(36-16-9-7-10-17-36)30-43(35-44)56(4,5)6/h7-35H,1-6H3/q+2/i1D3,2D3,3D3,24D,25D,26D,27D. The minimum Gasteiger partial charge on any atom is -0.392 e. The van der Waals surface area contributed by atoms with E-state index in [0.29, 0.717) is 11.4 Å². The second-order valence-electron chi connectivity index (χ2n) is 17.2. The van der Waals surface area contributed by atoms with Crippen LogP contribution in [0.3, 0.4) is 0 Å². The van der Waals surface area contributed by atoms with Gasteiger partial charge in [-0.1, -0.05) is 150 Å². The zero-order valence-electron chi connectivity index (χ0n) is 46.7. The zero-order valence-corrected chi connectivity index (χ0v) is 33.7. The van der Waals surface area contributed by atoms with E-state index in [2.05, 4.69) is 96.6 Å². The van der Waals surface area contributed by atoms with Crippen LogP contribution in [0.4, 0.5) is 0 Å². The first-order chi connectivity index (χ1) is 34.9. The summed E-state index contributed by atoms with van der Waals surface area (Å²) >= 11 is 0. The molecule has 294 valence electrons. The Morgan fingerprint density at radius 2 is 1.23 bits per heavy atom. The van der Waals surface area contributed by atoms with Crippen LogP contribution in [0.2, 0.25) is 0 Å². The van der Waals surface area contributed by atoms with Crippen molar-refractivity contribution in [1.29, 1.82) is 0 Å². The number of nitrogens with zero attached hydrogens (tertiary/aromatic N) is 3. The first-order valence-corrected chi connectivity index (χ1v) is 20.4. The highest BCUT2D eigenvalue weighted by Crippen LogP contribution is 2.54. The van der Waals surface area contributed by atoms with E-state index in [1.165, 1.54) is 0 Å². The first-order valence-electron chi connectivity index (χ1n) is 26.9. The van der Waals surface area contributed by atoms with Crippen molar-refractivity contribution in [3.05, 3.63) is 193 Å². The van der Waals surface area contributed by atoms with Crippen molar-refractivity contribution >= 4 is 11.0 Å². The molecular formula is C57H47N3O+2. The van der Waals surface area contributed by atoms with Crippen LogP contribution in [0.25, 0.3) is 83.9 Å². The van der Waals surface area contributed by atoms with Gasteiger partial charge in [-0.05, 0) is 104 Å². The minimum atomic E-state index is -3.81. The van der Waals surface area contributed by atoms with Gasteiger partial charge in [0.25, 0.3) is 0 Å². The molecule has 2 aromatic heterocycles. The van der Waals surface area contributed by atoms with E-state index in [0.717, 1.165) is 78.2 Å². The molecule has 0 amide bonds. The Morgan fingerprint density at radius 3 is 1.95 bits per heavy atom. The van der Waals surface area contributed by atoms with Crippen molar-refractivity contribution in [2.45, 2.75) is 58.0 Å². The van der Waals surface area contributed by atoms with Gasteiger partial charge in [0.1, 0.15) is 22.6 Å². The molecule has 5 heterocycles. The van der Waals surface area contributed by atoms with Crippen molar-refractivity contribution in [1.82, 2.24) is 4.57 Å². The second kappa shape index (κ2) is 12.5. The molecule has 3 aliphatic heterocycles. The molecule has 0 radical (unpaired) electrons. The van der Waals surface area contributed by atoms with Crippen molar-refractivity contribution in [2.24, 2.45) is 0 Å². The highest BCUT2D eigenvalue weighted by Gasteiger charge is 2.68. The molecule has 0 bridgehead atoms. The van der Waals surface area contributed by atoms with E-state index in [1.54, 1.807) is 18.3 Å². The quantitative estimate of drug-likeness (QED) is 0.162. The van der Waals surface area contributed by atoms with Gasteiger partial charge in [0, 0.05) is 35.6 Å². The lowest BCUT2D eigenvalue weighted by Gasteiger charge is -2.32. The lowest BCUT2D eigenvalue weighted by molar-refractivity contribution is -0.997. The van der Waals surface area contributed by atoms with Crippen LogP contribution in [0.15, 0.2) is 176 Å². The molecule has 1 atom stereocenters. The molecule has 1 unspecified atom stereocenters. The van der Waals surface area contributed by atoms with E-state index in [-0.39, 0.29) is 16.5 Å². The average Bonchev–Trinajstić information content (AvgIpc) is 3.96. The minimum absolute atomic E-state index is 0.185. The summed E-state index contributed by atoms with van der Waals surface area (Å²) in [5, 5.41) is 0. The highest BCUT2D eigenvalue weighted by atomic mass is 16.5. The maximum Gasteiger partial charge on any atom is 0.499 e. The Kier molecular flexibility index (Phi) is 5.10. The summed E-state index contributed by atoms with van der Waals surface area (Å²) in [5.41, 5.74) is 7.45. The van der Waals surface area contributed by atoms with Gasteiger partial charge in [-0.15, -0.1) is 9.13 Å². The number of fused-ring (bicyclic) bond motifs is 5. The Balaban J connectivity index is 1.19. The maximum atomic E-state index is 9.40. The van der Waals surface area contributed by atoms with Crippen molar-refractivity contribution in [3.63, 3.8) is 0 Å². The van der Waals surface area contributed by atoms with Crippen molar-refractivity contribution < 1.29 is 31.7 Å². The van der Waals surface area contributed by atoms with Crippen LogP contribution in [-0.2, 0) is 16.7 Å². The molecule has 9 aromatic rings. The molecule has 0 aliphatic carbocycles. The molecule has 7 aromatic carbocycles. The third-order valence-electron chi connectivity index (χ3n) is 12.4. The number of hydrogen-bond acceptors (Lipinski definition) is 1. The summed E-state index contributed by atoms with van der Waals surface area (Å²) < 4.78 is 127. The van der Waals surface area contributed by atoms with Crippen LogP contribution >= 0.6 is 0 Å². The van der Waals surface area contributed by atoms with E-state index in [4.69, 9.17) is 17.1 Å². The highest BCUT2D eigenvalue weighted by molar-refractivity contribution is 5.99. The normalized spacial score (nSPS) is 19.3. The van der Waals surface area contributed by atoms with E-state index < -0.39 is 61.6 Å². The van der Waals surface area contributed by atoms with Crippen LogP contribution in [0, 0.1) is 0 Å². The van der Waals surface area contributed by atoms with E-state index in [1.807, 2.05) is 71.3 Å². The fourth-order valence-corrected chi connectivity index (χ4v) is 9.61. The topological polar surface area (TPSA) is 21.9 Å². The number of hydrogen-bond donors (Lipinski definition) is 0. The number of aromatic nitrogens is 3. The Bertz CT molecular complexity index is 3810. The van der Waals surface area contributed by atoms with Crippen molar-refractivity contribution in [2.75, 3.05) is 0 Å². The second-order valence-corrected chi connectivity index (χ2v) is 17.2. The SMILES string of the molecule is [2H]c1c([2H])c(C(C([2H])([2H])[2H])(C([2H])([2H])[2H])C([2H])([2H])[2H])c([2H])c([2H])c1-c1cc[n+]2c(c1)-c1cc(-c3ccccc3)cc3c1C21Oc2ccccc2-c2n(-c4cc(-c5ccccc5)cc(C(C)(C)C)c4)c4cccc-3c4[n+]21. The molecule has 0 saturated heterocycles. The third kappa shape index (κ3) is 5.12. The predicted octanol–water partition coefficient (Wildman–Crippen LogP) is 13.0. The number of imidazole rings is 1. The summed E-state index contributed by atoms with van der Waals surface area (Å²) in [6.45, 7) is -4.80. The molecule has 4 heteroatoms. The number of ether oxygens (including phenoxy) is 1. The number of pyridine rings is 1. The zero-order chi connectivity index (χ0) is 52.4. The molecule has 0 saturated carbocycles. The number of para-hydroxylation sites is 2. The van der Waals surface area contributed by atoms with Crippen LogP contribution < -0.4 is 13.9 Å². The third-order valence-corrected chi connectivity index (χ3v) is 12.4. The van der Waals surface area contributed by atoms with Gasteiger partial charge in [-0.2, -0.15) is 4.57 Å². The Morgan fingerprint density at radius 1 is 0.557 bits per heavy atom. The largest absolute Gasteiger partial charge is 0.499 e. The first kappa shape index (κ1) is 24.9. The van der Waals surface area contributed by atoms with E-state index in [9.17, 15) is 5.48 Å². The molecular weight excluding hydrogens is 743 g/mol. The van der Waals surface area contributed by atoms with Gasteiger partial charge >= 0.3 is 11.7 Å². The maximum absolute atomic E-state index is 9.40. The number of rotatable bonds is 4. The summed E-state index contributed by atoms with van der Waals surface area (Å²) in [6.07, 6.45) is 1.78. The molecule has 3 aliphatic rings. The summed E-state index contributed by atoms with van der Waals surface area (Å²) in [7, 11) is 0. The van der Waals surface area contributed by atoms with Gasteiger partial charge in [0.05, 0.1) is 11.0 Å². The predicted molar refractivity (Wildman–Crippen MR) is 247 cm³/mol. The van der Waals surface area contributed by atoms with Crippen LogP contribution in [-0.4, -0.2) is 4.57 Å². The summed E-state index contributed by atoms with van der Waals surface area (Å²) in [6, 6.07) is 45.3. The molecule has 4 nitrogen and oxygen atoms in total. The monoisotopic (exact) mass is 802 g/mol. The fraction of sp³-hybridized carbons (Fsp3) is 0.158. The average molecular weight is 803 g/mol. The van der Waals surface area contributed by atoms with Gasteiger partial charge in [0.15, 0.2) is 17.2 Å². The fourth-order valence-electron chi connectivity index (χ4n) is 9.61. The van der Waals surface area contributed by atoms with Gasteiger partial charge in [0.2, 0.25) is 5.69 Å². The lowest BCUT2D eigenvalue weighted by atomic mass is 9.85. The van der Waals surface area contributed by atoms with Gasteiger partial charge < -0.3 is 4.74 Å². The Labute approximate surface area is 375 Å². The summed E-state index contributed by atoms with van der Waals surface area (Å²) in [4.78, 5) is 0. The molecule has 0 fully saturated rings.